The molecule has 1 N–H and O–H groups in total. The van der Waals surface area contributed by atoms with E-state index in [1.165, 1.54) is 5.56 Å². The Balaban J connectivity index is 1.82. The molecule has 1 aliphatic rings. The van der Waals surface area contributed by atoms with Gasteiger partial charge in [-0.3, -0.25) is 0 Å². The smallest absolute Gasteiger partial charge is 0.0546 e. The summed E-state index contributed by atoms with van der Waals surface area (Å²) in [5.41, 5.74) is 1.37. The van der Waals surface area contributed by atoms with Gasteiger partial charge in [0.25, 0.3) is 0 Å². The summed E-state index contributed by atoms with van der Waals surface area (Å²) in [4.78, 5) is 2.38. The molecular weight excluding hydrogens is 242 g/mol. The second-order valence-electron chi connectivity index (χ2n) is 5.50. The van der Waals surface area contributed by atoms with E-state index in [0.29, 0.717) is 11.8 Å². The highest BCUT2D eigenvalue weighted by atomic mass is 32.1. The molecule has 1 aromatic carbocycles. The second kappa shape index (κ2) is 6.60. The van der Waals surface area contributed by atoms with Gasteiger partial charge in [-0.05, 0) is 37.1 Å². The highest BCUT2D eigenvalue weighted by molar-refractivity contribution is 7.80. The van der Waals surface area contributed by atoms with Crippen LogP contribution in [0.1, 0.15) is 24.3 Å². The number of aliphatic hydroxyl groups excluding tert-OH is 1. The van der Waals surface area contributed by atoms with E-state index >= 15 is 0 Å². The third-order valence-corrected chi connectivity index (χ3v) is 4.24. The number of hydrogen-bond donors (Lipinski definition) is 2. The van der Waals surface area contributed by atoms with E-state index in [9.17, 15) is 5.11 Å². The van der Waals surface area contributed by atoms with Gasteiger partial charge < -0.3 is 10.0 Å². The van der Waals surface area contributed by atoms with Crippen molar-refractivity contribution in [3.8, 4) is 0 Å². The molecule has 1 aliphatic carbocycles. The van der Waals surface area contributed by atoms with Gasteiger partial charge in [0, 0.05) is 19.0 Å². The summed E-state index contributed by atoms with van der Waals surface area (Å²) in [6.07, 6.45) is 1.90. The Kier molecular flexibility index (Phi) is 5.10. The maximum Gasteiger partial charge on any atom is 0.0546 e. The van der Waals surface area contributed by atoms with Gasteiger partial charge in [-0.1, -0.05) is 30.3 Å². The van der Waals surface area contributed by atoms with Crippen LogP contribution in [0, 0.1) is 5.92 Å². The molecule has 0 heterocycles. The van der Waals surface area contributed by atoms with Gasteiger partial charge in [0.1, 0.15) is 0 Å². The zero-order chi connectivity index (χ0) is 13.0. The predicted octanol–water partition coefficient (Wildman–Crippen LogP) is 2.40. The van der Waals surface area contributed by atoms with Crippen LogP contribution in [-0.4, -0.2) is 42.0 Å². The summed E-state index contributed by atoms with van der Waals surface area (Å²) < 4.78 is 0. The molecule has 0 radical (unpaired) electrons. The minimum Gasteiger partial charge on any atom is -0.393 e. The minimum atomic E-state index is -0.0433. The summed E-state index contributed by atoms with van der Waals surface area (Å²) in [6.45, 7) is 2.13. The Labute approximate surface area is 115 Å². The van der Waals surface area contributed by atoms with E-state index in [2.05, 4.69) is 54.9 Å². The second-order valence-corrected chi connectivity index (χ2v) is 5.87. The van der Waals surface area contributed by atoms with Gasteiger partial charge in [0.05, 0.1) is 6.10 Å². The Bertz CT molecular complexity index is 351. The first-order valence-corrected chi connectivity index (χ1v) is 7.34. The predicted molar refractivity (Wildman–Crippen MR) is 79.3 cm³/mol. The summed E-state index contributed by atoms with van der Waals surface area (Å²) in [7, 11) is 2.17. The van der Waals surface area contributed by atoms with Crippen LogP contribution in [-0.2, 0) is 0 Å². The highest BCUT2D eigenvalue weighted by Gasteiger charge is 2.28. The maximum absolute atomic E-state index is 9.31. The van der Waals surface area contributed by atoms with Crippen molar-refractivity contribution in [2.45, 2.75) is 24.9 Å². The molecule has 0 bridgehead atoms. The van der Waals surface area contributed by atoms with Crippen molar-refractivity contribution in [1.29, 1.82) is 0 Å². The topological polar surface area (TPSA) is 23.5 Å². The van der Waals surface area contributed by atoms with E-state index < -0.39 is 0 Å². The van der Waals surface area contributed by atoms with E-state index in [1.54, 1.807) is 0 Å². The van der Waals surface area contributed by atoms with Crippen LogP contribution in [0.2, 0.25) is 0 Å². The summed E-state index contributed by atoms with van der Waals surface area (Å²) in [5, 5.41) is 9.31. The van der Waals surface area contributed by atoms with Crippen LogP contribution in [0.25, 0.3) is 0 Å². The molecule has 0 aliphatic heterocycles. The first-order chi connectivity index (χ1) is 8.69. The number of thiol groups is 1. The molecule has 18 heavy (non-hydrogen) atoms. The molecule has 1 atom stereocenters. The van der Waals surface area contributed by atoms with Crippen molar-refractivity contribution in [2.75, 3.05) is 25.9 Å². The largest absolute Gasteiger partial charge is 0.393 e. The van der Waals surface area contributed by atoms with Gasteiger partial charge in [0.15, 0.2) is 0 Å². The Hall–Kier alpha value is -0.510. The lowest BCUT2D eigenvalue weighted by atomic mass is 9.82. The third-order valence-electron chi connectivity index (χ3n) is 3.80. The fourth-order valence-electron chi connectivity index (χ4n) is 2.73. The van der Waals surface area contributed by atoms with Crippen LogP contribution < -0.4 is 0 Å². The molecule has 0 amide bonds. The molecule has 100 valence electrons. The molecule has 1 saturated carbocycles. The standard InChI is InChI=1S/C15H23NOS/c1-16(9-12-7-15(17)8-12)10-14(11-18)13-5-3-2-4-6-13/h2-6,12,14-15,17-18H,7-11H2,1H3. The zero-order valence-electron chi connectivity index (χ0n) is 11.0. The van der Waals surface area contributed by atoms with Crippen molar-refractivity contribution in [2.24, 2.45) is 5.92 Å². The molecule has 1 unspecified atom stereocenters. The van der Waals surface area contributed by atoms with Crippen molar-refractivity contribution in [1.82, 2.24) is 4.90 Å². The van der Waals surface area contributed by atoms with Crippen LogP contribution in [0.4, 0.5) is 0 Å². The lowest BCUT2D eigenvalue weighted by Gasteiger charge is -2.35. The summed E-state index contributed by atoms with van der Waals surface area (Å²) in [5.74, 6) is 2.05. The van der Waals surface area contributed by atoms with Crippen LogP contribution in [0.5, 0.6) is 0 Å². The van der Waals surface area contributed by atoms with Crippen molar-refractivity contribution in [3.05, 3.63) is 35.9 Å². The van der Waals surface area contributed by atoms with Gasteiger partial charge in [-0.25, -0.2) is 0 Å². The van der Waals surface area contributed by atoms with Gasteiger partial charge in [-0.2, -0.15) is 12.6 Å². The number of aliphatic hydroxyl groups is 1. The zero-order valence-corrected chi connectivity index (χ0v) is 11.9. The molecule has 2 rings (SSSR count). The minimum absolute atomic E-state index is 0.0433. The van der Waals surface area contributed by atoms with Crippen LogP contribution >= 0.6 is 12.6 Å². The molecule has 2 nitrogen and oxygen atoms in total. The summed E-state index contributed by atoms with van der Waals surface area (Å²) in [6, 6.07) is 10.6. The molecule has 1 aromatic rings. The summed E-state index contributed by atoms with van der Waals surface area (Å²) >= 11 is 4.48. The SMILES string of the molecule is CN(CC1CC(O)C1)CC(CS)c1ccccc1. The normalized spacial score (nSPS) is 24.9. The van der Waals surface area contributed by atoms with E-state index in [-0.39, 0.29) is 6.10 Å². The first kappa shape index (κ1) is 13.9. The molecule has 1 fully saturated rings. The molecule has 3 heteroatoms. The fraction of sp³-hybridized carbons (Fsp3) is 0.600. The molecule has 0 spiro atoms. The lowest BCUT2D eigenvalue weighted by molar-refractivity contribution is 0.0279. The first-order valence-electron chi connectivity index (χ1n) is 6.71. The van der Waals surface area contributed by atoms with Crippen LogP contribution in [0.3, 0.4) is 0 Å². The monoisotopic (exact) mass is 265 g/mol. The van der Waals surface area contributed by atoms with Crippen molar-refractivity contribution in [3.63, 3.8) is 0 Å². The lowest BCUT2D eigenvalue weighted by Crippen LogP contribution is -2.38. The molecule has 0 aromatic heterocycles. The quantitative estimate of drug-likeness (QED) is 0.772. The van der Waals surface area contributed by atoms with Crippen LogP contribution in [0.15, 0.2) is 30.3 Å². The van der Waals surface area contributed by atoms with Crippen molar-refractivity contribution < 1.29 is 5.11 Å². The number of benzene rings is 1. The average Bonchev–Trinajstić information content (AvgIpc) is 2.35. The fourth-order valence-corrected chi connectivity index (χ4v) is 3.06. The van der Waals surface area contributed by atoms with Gasteiger partial charge in [0.2, 0.25) is 0 Å². The molecule has 0 saturated heterocycles. The Morgan fingerprint density at radius 2 is 2.00 bits per heavy atom. The molecular formula is C15H23NOS. The number of hydrogen-bond acceptors (Lipinski definition) is 3. The third kappa shape index (κ3) is 3.74. The average molecular weight is 265 g/mol. The van der Waals surface area contributed by atoms with E-state index in [4.69, 9.17) is 0 Å². The van der Waals surface area contributed by atoms with E-state index in [0.717, 1.165) is 31.7 Å². The highest BCUT2D eigenvalue weighted by Crippen LogP contribution is 2.28. The number of nitrogens with zero attached hydrogens (tertiary/aromatic N) is 1. The van der Waals surface area contributed by atoms with Gasteiger partial charge in [-0.15, -0.1) is 0 Å². The maximum atomic E-state index is 9.31. The Morgan fingerprint density at radius 3 is 2.56 bits per heavy atom. The number of rotatable bonds is 6. The van der Waals surface area contributed by atoms with E-state index in [1.807, 2.05) is 0 Å². The Morgan fingerprint density at radius 1 is 1.33 bits per heavy atom. The number of likely N-dealkylation sites (N-methyl/N-ethyl adjacent to an activating group) is 1. The van der Waals surface area contributed by atoms with Gasteiger partial charge >= 0.3 is 0 Å². The van der Waals surface area contributed by atoms with Crippen molar-refractivity contribution >= 4 is 12.6 Å².